The molecule has 1 amide bonds. The van der Waals surface area contributed by atoms with Crippen LogP contribution >= 0.6 is 11.8 Å². The first-order valence-electron chi connectivity index (χ1n) is 7.31. The fourth-order valence-corrected chi connectivity index (χ4v) is 2.86. The second kappa shape index (κ2) is 8.35. The predicted molar refractivity (Wildman–Crippen MR) is 94.8 cm³/mol. The van der Waals surface area contributed by atoms with Gasteiger partial charge in [0.1, 0.15) is 11.4 Å². The number of hydrogen-bond donors (Lipinski definition) is 1. The van der Waals surface area contributed by atoms with Gasteiger partial charge in [-0.15, -0.1) is 11.8 Å². The third-order valence-corrected chi connectivity index (χ3v) is 4.31. The van der Waals surface area contributed by atoms with Gasteiger partial charge in [-0.25, -0.2) is 0 Å². The number of carbonyl (C=O) groups excluding carboxylic acids is 1. The van der Waals surface area contributed by atoms with E-state index in [9.17, 15) is 14.9 Å². The van der Waals surface area contributed by atoms with Gasteiger partial charge >= 0.3 is 0 Å². The normalized spacial score (nSPS) is 10.2. The van der Waals surface area contributed by atoms with Crippen molar-refractivity contribution in [2.75, 3.05) is 18.2 Å². The molecule has 0 aromatic heterocycles. The Morgan fingerprint density at radius 3 is 2.58 bits per heavy atom. The molecule has 0 heterocycles. The second-order valence-corrected chi connectivity index (χ2v) is 6.27. The number of hydrogen-bond acceptors (Lipinski definition) is 5. The molecule has 0 aliphatic heterocycles. The molecule has 2 aromatic rings. The highest BCUT2D eigenvalue weighted by Gasteiger charge is 2.17. The van der Waals surface area contributed by atoms with Crippen molar-refractivity contribution < 1.29 is 14.5 Å². The standard InChI is InChI=1S/C17H18N2O4S/c1-12-3-6-14(7-4-12)24-10-9-17(20)18-15-8-5-13(23-2)11-16(15)19(21)22/h3-8,11H,9-10H2,1-2H3,(H,18,20). The molecule has 2 aromatic carbocycles. The summed E-state index contributed by atoms with van der Waals surface area (Å²) in [5.41, 5.74) is 1.17. The van der Waals surface area contributed by atoms with Crippen molar-refractivity contribution in [1.82, 2.24) is 0 Å². The van der Waals surface area contributed by atoms with E-state index in [1.54, 1.807) is 17.8 Å². The molecule has 0 atom stereocenters. The lowest BCUT2D eigenvalue weighted by molar-refractivity contribution is -0.384. The fraction of sp³-hybridized carbons (Fsp3) is 0.235. The van der Waals surface area contributed by atoms with E-state index in [0.717, 1.165) is 4.90 Å². The lowest BCUT2D eigenvalue weighted by atomic mass is 10.2. The van der Waals surface area contributed by atoms with Crippen LogP contribution in [0.3, 0.4) is 0 Å². The second-order valence-electron chi connectivity index (χ2n) is 5.10. The number of amides is 1. The lowest BCUT2D eigenvalue weighted by Crippen LogP contribution is -2.13. The number of benzene rings is 2. The number of nitrogens with zero attached hydrogens (tertiary/aromatic N) is 1. The van der Waals surface area contributed by atoms with E-state index in [2.05, 4.69) is 5.32 Å². The maximum absolute atomic E-state index is 12.0. The lowest BCUT2D eigenvalue weighted by Gasteiger charge is -2.07. The zero-order chi connectivity index (χ0) is 17.5. The van der Waals surface area contributed by atoms with Gasteiger partial charge in [0.25, 0.3) is 5.69 Å². The Balaban J connectivity index is 1.92. The van der Waals surface area contributed by atoms with Crippen LogP contribution in [-0.2, 0) is 4.79 Å². The molecule has 0 unspecified atom stereocenters. The van der Waals surface area contributed by atoms with E-state index in [1.807, 2.05) is 31.2 Å². The largest absolute Gasteiger partial charge is 0.496 e. The van der Waals surface area contributed by atoms with Crippen molar-refractivity contribution in [1.29, 1.82) is 0 Å². The van der Waals surface area contributed by atoms with E-state index in [0.29, 0.717) is 11.5 Å². The molecule has 0 aliphatic rings. The number of nitro groups is 1. The van der Waals surface area contributed by atoms with Crippen LogP contribution in [0.2, 0.25) is 0 Å². The first kappa shape index (κ1) is 17.8. The highest BCUT2D eigenvalue weighted by Crippen LogP contribution is 2.29. The highest BCUT2D eigenvalue weighted by molar-refractivity contribution is 7.99. The Morgan fingerprint density at radius 2 is 1.96 bits per heavy atom. The zero-order valence-electron chi connectivity index (χ0n) is 13.4. The molecular formula is C17H18N2O4S. The van der Waals surface area contributed by atoms with Gasteiger partial charge in [0, 0.05) is 17.1 Å². The average Bonchev–Trinajstić information content (AvgIpc) is 2.57. The maximum atomic E-state index is 12.0. The predicted octanol–water partition coefficient (Wildman–Crippen LogP) is 4.03. The SMILES string of the molecule is COc1ccc(NC(=O)CCSc2ccc(C)cc2)c([N+](=O)[O-])c1. The van der Waals surface area contributed by atoms with Crippen LogP contribution < -0.4 is 10.1 Å². The summed E-state index contributed by atoms with van der Waals surface area (Å²) in [5, 5.41) is 13.7. The smallest absolute Gasteiger partial charge is 0.296 e. The summed E-state index contributed by atoms with van der Waals surface area (Å²) in [7, 11) is 1.43. The summed E-state index contributed by atoms with van der Waals surface area (Å²) in [5.74, 6) is 0.705. The Morgan fingerprint density at radius 1 is 1.25 bits per heavy atom. The summed E-state index contributed by atoms with van der Waals surface area (Å²) in [6.45, 7) is 2.02. The molecule has 126 valence electrons. The van der Waals surface area contributed by atoms with Crippen molar-refractivity contribution in [2.24, 2.45) is 0 Å². The van der Waals surface area contributed by atoms with Crippen molar-refractivity contribution in [2.45, 2.75) is 18.2 Å². The van der Waals surface area contributed by atoms with Gasteiger partial charge in [-0.2, -0.15) is 0 Å². The number of thioether (sulfide) groups is 1. The van der Waals surface area contributed by atoms with Crippen LogP contribution in [-0.4, -0.2) is 23.7 Å². The number of anilines is 1. The van der Waals surface area contributed by atoms with Gasteiger partial charge in [-0.1, -0.05) is 17.7 Å². The van der Waals surface area contributed by atoms with E-state index in [-0.39, 0.29) is 23.7 Å². The third-order valence-electron chi connectivity index (χ3n) is 3.29. The van der Waals surface area contributed by atoms with Crippen molar-refractivity contribution >= 4 is 29.0 Å². The number of methoxy groups -OCH3 is 1. The quantitative estimate of drug-likeness (QED) is 0.465. The van der Waals surface area contributed by atoms with E-state index >= 15 is 0 Å². The molecule has 0 fully saturated rings. The molecule has 2 rings (SSSR count). The number of carbonyl (C=O) groups is 1. The molecule has 0 radical (unpaired) electrons. The molecule has 0 saturated carbocycles. The Hall–Kier alpha value is -2.54. The number of nitro benzene ring substituents is 1. The van der Waals surface area contributed by atoms with E-state index in [4.69, 9.17) is 4.74 Å². The van der Waals surface area contributed by atoms with Crippen molar-refractivity contribution in [3.8, 4) is 5.75 Å². The molecule has 7 heteroatoms. The van der Waals surface area contributed by atoms with Gasteiger partial charge in [-0.3, -0.25) is 14.9 Å². The monoisotopic (exact) mass is 346 g/mol. The molecule has 0 aliphatic carbocycles. The fourth-order valence-electron chi connectivity index (χ4n) is 2.00. The summed E-state index contributed by atoms with van der Waals surface area (Å²) in [6.07, 6.45) is 0.266. The molecule has 0 spiro atoms. The van der Waals surface area contributed by atoms with Crippen LogP contribution in [0, 0.1) is 17.0 Å². The van der Waals surface area contributed by atoms with Crippen LogP contribution in [0.25, 0.3) is 0 Å². The number of rotatable bonds is 7. The topological polar surface area (TPSA) is 81.5 Å². The Kier molecular flexibility index (Phi) is 6.20. The minimum absolute atomic E-state index is 0.172. The van der Waals surface area contributed by atoms with Gasteiger partial charge in [0.05, 0.1) is 18.1 Å². The van der Waals surface area contributed by atoms with Gasteiger partial charge < -0.3 is 10.1 Å². The molecular weight excluding hydrogens is 328 g/mol. The minimum Gasteiger partial charge on any atom is -0.496 e. The maximum Gasteiger partial charge on any atom is 0.296 e. The Labute approximate surface area is 144 Å². The summed E-state index contributed by atoms with van der Waals surface area (Å²) in [6, 6.07) is 12.4. The van der Waals surface area contributed by atoms with Gasteiger partial charge in [-0.05, 0) is 31.2 Å². The summed E-state index contributed by atoms with van der Waals surface area (Å²) < 4.78 is 4.97. The molecule has 24 heavy (non-hydrogen) atoms. The first-order valence-corrected chi connectivity index (χ1v) is 8.30. The van der Waals surface area contributed by atoms with E-state index < -0.39 is 4.92 Å². The zero-order valence-corrected chi connectivity index (χ0v) is 14.3. The highest BCUT2D eigenvalue weighted by atomic mass is 32.2. The number of nitrogens with one attached hydrogen (secondary N) is 1. The van der Waals surface area contributed by atoms with Crippen LogP contribution in [0.15, 0.2) is 47.4 Å². The van der Waals surface area contributed by atoms with Crippen LogP contribution in [0.4, 0.5) is 11.4 Å². The van der Waals surface area contributed by atoms with Crippen LogP contribution in [0.1, 0.15) is 12.0 Å². The van der Waals surface area contributed by atoms with E-state index in [1.165, 1.54) is 24.8 Å². The molecule has 0 saturated heterocycles. The summed E-state index contributed by atoms with van der Waals surface area (Å²) in [4.78, 5) is 23.6. The number of aryl methyl sites for hydroxylation is 1. The Bertz CT molecular complexity index is 732. The third kappa shape index (κ3) is 4.99. The molecule has 6 nitrogen and oxygen atoms in total. The van der Waals surface area contributed by atoms with Crippen molar-refractivity contribution in [3.05, 3.63) is 58.1 Å². The minimum atomic E-state index is -0.542. The first-order chi connectivity index (χ1) is 11.5. The summed E-state index contributed by atoms with van der Waals surface area (Å²) >= 11 is 1.57. The average molecular weight is 346 g/mol. The molecule has 0 bridgehead atoms. The molecule has 1 N–H and O–H groups in total. The van der Waals surface area contributed by atoms with Crippen LogP contribution in [0.5, 0.6) is 5.75 Å². The van der Waals surface area contributed by atoms with Crippen molar-refractivity contribution in [3.63, 3.8) is 0 Å². The van der Waals surface area contributed by atoms with Gasteiger partial charge in [0.15, 0.2) is 0 Å². The number of ether oxygens (including phenoxy) is 1. The van der Waals surface area contributed by atoms with Gasteiger partial charge in [0.2, 0.25) is 5.91 Å².